The Morgan fingerprint density at radius 2 is 1.80 bits per heavy atom. The molecule has 2 aromatic heterocycles. The predicted octanol–water partition coefficient (Wildman–Crippen LogP) is 5.28. The van der Waals surface area contributed by atoms with Crippen LogP contribution >= 0.6 is 11.3 Å². The molecule has 5 rings (SSSR count). The highest BCUT2D eigenvalue weighted by Gasteiger charge is 2.21. The first-order valence-electron chi connectivity index (χ1n) is 11.8. The molecule has 0 radical (unpaired) electrons. The van der Waals surface area contributed by atoms with Crippen molar-refractivity contribution in [1.29, 1.82) is 0 Å². The van der Waals surface area contributed by atoms with Crippen LogP contribution < -0.4 is 10.3 Å². The third-order valence-electron chi connectivity index (χ3n) is 5.93. The summed E-state index contributed by atoms with van der Waals surface area (Å²) >= 11 is 1.32. The highest BCUT2D eigenvalue weighted by atomic mass is 32.2. The lowest BCUT2D eigenvalue weighted by molar-refractivity contribution is -0.385. The zero-order valence-corrected chi connectivity index (χ0v) is 22.4. The monoisotopic (exact) mass is 576 g/mol. The Bertz CT molecular complexity index is 1900. The second-order valence-electron chi connectivity index (χ2n) is 8.63. The third-order valence-corrected chi connectivity index (χ3v) is 8.18. The predicted molar refractivity (Wildman–Crippen MR) is 150 cm³/mol. The normalized spacial score (nSPS) is 12.1. The fourth-order valence-electron chi connectivity index (χ4n) is 3.93. The second kappa shape index (κ2) is 10.7. The van der Waals surface area contributed by atoms with Gasteiger partial charge in [0.05, 0.1) is 20.8 Å². The molecule has 0 bridgehead atoms. The van der Waals surface area contributed by atoms with Gasteiger partial charge in [0.1, 0.15) is 4.83 Å². The molecule has 0 aliphatic rings. The third kappa shape index (κ3) is 5.46. The number of fused-ring (bicyclic) bond motifs is 1. The maximum Gasteiger partial charge on any atom is 0.338 e. The lowest BCUT2D eigenvalue weighted by Gasteiger charge is -2.13. The van der Waals surface area contributed by atoms with Crippen LogP contribution in [0.2, 0.25) is 0 Å². The van der Waals surface area contributed by atoms with Crippen LogP contribution in [0, 0.1) is 10.1 Å². The van der Waals surface area contributed by atoms with Crippen molar-refractivity contribution in [2.45, 2.75) is 17.9 Å². The number of aromatic nitrogens is 2. The van der Waals surface area contributed by atoms with Gasteiger partial charge in [0.15, 0.2) is 11.9 Å². The number of carbonyl (C=O) groups is 1. The van der Waals surface area contributed by atoms with E-state index in [4.69, 9.17) is 4.74 Å². The van der Waals surface area contributed by atoms with Gasteiger partial charge >= 0.3 is 5.97 Å². The van der Waals surface area contributed by atoms with E-state index in [1.165, 1.54) is 53.8 Å². The highest BCUT2D eigenvalue weighted by Crippen LogP contribution is 2.31. The molecule has 0 fully saturated rings. The van der Waals surface area contributed by atoms with Crippen LogP contribution in [-0.2, 0) is 14.8 Å². The number of ether oxygens (including phenoxy) is 1. The standard InChI is InChI=1S/C27H20N4O7S2/c1-16(24-28-25(32)23-22(15-39-26(23)29-24)17-6-3-2-4-7-17)38-27(33)18-10-12-19(13-11-18)30-40(36,37)21-9-5-8-20(14-21)31(34)35/h2-16,30H,1H3,(H,28,29,32)/t16-/m0/s1. The number of nitro groups is 1. The summed E-state index contributed by atoms with van der Waals surface area (Å²) in [6.07, 6.45) is -0.876. The topological polar surface area (TPSA) is 161 Å². The zero-order valence-electron chi connectivity index (χ0n) is 20.7. The van der Waals surface area contributed by atoms with E-state index in [9.17, 15) is 28.1 Å². The van der Waals surface area contributed by atoms with Gasteiger partial charge in [0.2, 0.25) is 0 Å². The SMILES string of the molecule is C[C@H](OC(=O)c1ccc(NS(=O)(=O)c2cccc([N+](=O)[O-])c2)cc1)c1nc2scc(-c3ccccc3)c2c(=O)[nH]1. The Labute approximate surface area is 231 Å². The van der Waals surface area contributed by atoms with E-state index in [0.29, 0.717) is 10.2 Å². The number of non-ortho nitro benzene ring substituents is 1. The van der Waals surface area contributed by atoms with Crippen molar-refractivity contribution in [3.05, 3.63) is 116 Å². The second-order valence-corrected chi connectivity index (χ2v) is 11.2. The number of H-pyrrole nitrogens is 1. The molecule has 5 aromatic rings. The van der Waals surface area contributed by atoms with E-state index in [1.807, 2.05) is 35.7 Å². The van der Waals surface area contributed by atoms with Gasteiger partial charge in [-0.15, -0.1) is 11.3 Å². The number of nitro benzene ring substituents is 1. The van der Waals surface area contributed by atoms with Gasteiger partial charge in [-0.05, 0) is 42.8 Å². The number of thiophene rings is 1. The molecule has 3 aromatic carbocycles. The van der Waals surface area contributed by atoms with Crippen LogP contribution in [0.15, 0.2) is 93.9 Å². The average molecular weight is 577 g/mol. The number of carbonyl (C=O) groups excluding carboxylic acids is 1. The van der Waals surface area contributed by atoms with E-state index < -0.39 is 27.0 Å². The summed E-state index contributed by atoms with van der Waals surface area (Å²) in [5.41, 5.74) is 1.23. The molecule has 2 N–H and O–H groups in total. The molecule has 0 saturated heterocycles. The molecular weight excluding hydrogens is 556 g/mol. The Balaban J connectivity index is 1.29. The molecule has 0 unspecified atom stereocenters. The van der Waals surface area contributed by atoms with Crippen LogP contribution in [0.3, 0.4) is 0 Å². The first kappa shape index (κ1) is 26.7. The van der Waals surface area contributed by atoms with Crippen LogP contribution in [0.5, 0.6) is 0 Å². The Kier molecular flexibility index (Phi) is 7.15. The smallest absolute Gasteiger partial charge is 0.338 e. The number of nitrogens with one attached hydrogen (secondary N) is 2. The molecule has 11 nitrogen and oxygen atoms in total. The van der Waals surface area contributed by atoms with Crippen LogP contribution in [0.25, 0.3) is 21.3 Å². The van der Waals surface area contributed by atoms with E-state index in [1.54, 1.807) is 6.92 Å². The quantitative estimate of drug-likeness (QED) is 0.143. The van der Waals surface area contributed by atoms with Crippen molar-refractivity contribution >= 4 is 48.9 Å². The Morgan fingerprint density at radius 1 is 1.07 bits per heavy atom. The number of esters is 1. The lowest BCUT2D eigenvalue weighted by Crippen LogP contribution is -2.17. The van der Waals surface area contributed by atoms with Gasteiger partial charge in [-0.1, -0.05) is 36.4 Å². The van der Waals surface area contributed by atoms with Gasteiger partial charge in [-0.2, -0.15) is 0 Å². The summed E-state index contributed by atoms with van der Waals surface area (Å²) < 4.78 is 33.1. The summed E-state index contributed by atoms with van der Waals surface area (Å²) in [6, 6.07) is 19.6. The summed E-state index contributed by atoms with van der Waals surface area (Å²) in [7, 11) is -4.11. The van der Waals surface area contributed by atoms with Crippen molar-refractivity contribution in [2.24, 2.45) is 0 Å². The fraction of sp³-hybridized carbons (Fsp3) is 0.0741. The molecule has 0 aliphatic heterocycles. The van der Waals surface area contributed by atoms with Gasteiger partial charge in [0, 0.05) is 28.8 Å². The number of rotatable bonds is 8. The molecule has 0 aliphatic carbocycles. The first-order valence-corrected chi connectivity index (χ1v) is 14.1. The molecule has 0 spiro atoms. The summed E-state index contributed by atoms with van der Waals surface area (Å²) in [6.45, 7) is 1.58. The molecule has 2 heterocycles. The number of hydrogen-bond acceptors (Lipinski definition) is 9. The Hall–Kier alpha value is -4.88. The Morgan fingerprint density at radius 3 is 2.50 bits per heavy atom. The summed E-state index contributed by atoms with van der Waals surface area (Å²) in [5, 5.41) is 13.3. The lowest BCUT2D eigenvalue weighted by atomic mass is 10.1. The average Bonchev–Trinajstić information content (AvgIpc) is 3.38. The van der Waals surface area contributed by atoms with Crippen LogP contribution in [0.4, 0.5) is 11.4 Å². The summed E-state index contributed by atoms with van der Waals surface area (Å²) in [5.74, 6) is -0.520. The number of sulfonamides is 1. The van der Waals surface area contributed by atoms with Gasteiger partial charge in [-0.3, -0.25) is 19.6 Å². The molecule has 0 saturated carbocycles. The van der Waals surface area contributed by atoms with Crippen molar-refractivity contribution in [3.8, 4) is 11.1 Å². The minimum absolute atomic E-state index is 0.135. The molecule has 1 atom stereocenters. The van der Waals surface area contributed by atoms with Gasteiger partial charge in [-0.25, -0.2) is 18.2 Å². The maximum atomic E-state index is 12.9. The zero-order chi connectivity index (χ0) is 28.4. The largest absolute Gasteiger partial charge is 0.451 e. The first-order chi connectivity index (χ1) is 19.1. The minimum atomic E-state index is -4.11. The van der Waals surface area contributed by atoms with Crippen LogP contribution in [-0.4, -0.2) is 29.3 Å². The molecule has 0 amide bonds. The van der Waals surface area contributed by atoms with E-state index in [0.717, 1.165) is 17.2 Å². The molecule has 13 heteroatoms. The van der Waals surface area contributed by atoms with Crippen molar-refractivity contribution < 1.29 is 22.9 Å². The summed E-state index contributed by atoms with van der Waals surface area (Å²) in [4.78, 5) is 43.4. The number of aromatic amines is 1. The minimum Gasteiger partial charge on any atom is -0.451 e. The molecule has 40 heavy (non-hydrogen) atoms. The van der Waals surface area contributed by atoms with Crippen molar-refractivity contribution in [2.75, 3.05) is 4.72 Å². The number of benzene rings is 3. The van der Waals surface area contributed by atoms with Crippen LogP contribution in [0.1, 0.15) is 29.2 Å². The number of hydrogen-bond donors (Lipinski definition) is 2. The van der Waals surface area contributed by atoms with E-state index in [-0.39, 0.29) is 33.2 Å². The van der Waals surface area contributed by atoms with Gasteiger partial charge < -0.3 is 9.72 Å². The highest BCUT2D eigenvalue weighted by molar-refractivity contribution is 7.92. The van der Waals surface area contributed by atoms with E-state index in [2.05, 4.69) is 14.7 Å². The molecular formula is C27H20N4O7S2. The van der Waals surface area contributed by atoms with E-state index >= 15 is 0 Å². The van der Waals surface area contributed by atoms with Crippen molar-refractivity contribution in [1.82, 2.24) is 9.97 Å². The fourth-order valence-corrected chi connectivity index (χ4v) is 5.98. The number of anilines is 1. The van der Waals surface area contributed by atoms with Gasteiger partial charge in [0.25, 0.3) is 21.3 Å². The number of nitrogens with zero attached hydrogens (tertiary/aromatic N) is 2. The van der Waals surface area contributed by atoms with Crippen molar-refractivity contribution in [3.63, 3.8) is 0 Å². The maximum absolute atomic E-state index is 12.9. The molecule has 202 valence electrons.